The molecule has 0 radical (unpaired) electrons. The van der Waals surface area contributed by atoms with Crippen molar-refractivity contribution in [1.82, 2.24) is 14.6 Å². The molecule has 2 aromatic heterocycles. The highest BCUT2D eigenvalue weighted by Crippen LogP contribution is 2.29. The zero-order chi connectivity index (χ0) is 12.5. The average Bonchev–Trinajstić information content (AvgIpc) is 2.87. The number of nitrogen functional groups attached to an aromatic ring is 1. The van der Waals surface area contributed by atoms with Crippen LogP contribution in [0.1, 0.15) is 0 Å². The van der Waals surface area contributed by atoms with E-state index in [0.717, 1.165) is 22.7 Å². The number of methoxy groups -OCH3 is 1. The van der Waals surface area contributed by atoms with Crippen LogP contribution >= 0.6 is 0 Å². The smallest absolute Gasteiger partial charge is 0.157 e. The van der Waals surface area contributed by atoms with Crippen molar-refractivity contribution in [3.05, 3.63) is 42.6 Å². The molecule has 0 atom stereocenters. The van der Waals surface area contributed by atoms with E-state index in [1.165, 1.54) is 0 Å². The van der Waals surface area contributed by atoms with Crippen molar-refractivity contribution in [3.63, 3.8) is 0 Å². The molecule has 0 saturated carbocycles. The van der Waals surface area contributed by atoms with E-state index in [9.17, 15) is 0 Å². The van der Waals surface area contributed by atoms with Gasteiger partial charge in [0.1, 0.15) is 11.6 Å². The van der Waals surface area contributed by atoms with Gasteiger partial charge in [-0.15, -0.1) is 0 Å². The highest BCUT2D eigenvalue weighted by Gasteiger charge is 2.09. The normalized spacial score (nSPS) is 10.7. The second-order valence-electron chi connectivity index (χ2n) is 3.87. The van der Waals surface area contributed by atoms with Gasteiger partial charge in [-0.3, -0.25) is 0 Å². The van der Waals surface area contributed by atoms with Gasteiger partial charge in [-0.25, -0.2) is 4.98 Å². The molecular formula is C13H12N4O. The minimum Gasteiger partial charge on any atom is -0.496 e. The third-order valence-corrected chi connectivity index (χ3v) is 2.77. The minimum atomic E-state index is 0.547. The summed E-state index contributed by atoms with van der Waals surface area (Å²) >= 11 is 0. The summed E-state index contributed by atoms with van der Waals surface area (Å²) in [6, 6.07) is 11.3. The van der Waals surface area contributed by atoms with Crippen LogP contribution < -0.4 is 10.5 Å². The monoisotopic (exact) mass is 240 g/mol. The van der Waals surface area contributed by atoms with Crippen molar-refractivity contribution < 1.29 is 4.74 Å². The molecule has 5 nitrogen and oxygen atoms in total. The van der Waals surface area contributed by atoms with E-state index in [2.05, 4.69) is 10.1 Å². The maximum absolute atomic E-state index is 5.95. The lowest BCUT2D eigenvalue weighted by Gasteiger charge is -2.08. The van der Waals surface area contributed by atoms with E-state index in [4.69, 9.17) is 10.5 Å². The molecule has 0 bridgehead atoms. The summed E-state index contributed by atoms with van der Waals surface area (Å²) in [6.45, 7) is 0. The molecule has 1 aromatic carbocycles. The maximum atomic E-state index is 5.95. The zero-order valence-electron chi connectivity index (χ0n) is 9.87. The van der Waals surface area contributed by atoms with Crippen LogP contribution in [-0.4, -0.2) is 21.7 Å². The van der Waals surface area contributed by atoms with Crippen LogP contribution in [0.15, 0.2) is 42.6 Å². The second kappa shape index (κ2) is 4.03. The molecule has 3 aromatic rings. The Kier molecular flexibility index (Phi) is 2.37. The first-order chi connectivity index (χ1) is 8.79. The SMILES string of the molecule is COc1ccccc1-c1cc(N)n2nccc2n1. The molecule has 3 rings (SSSR count). The number of fused-ring (bicyclic) bond motifs is 1. The van der Waals surface area contributed by atoms with Gasteiger partial charge in [-0.1, -0.05) is 12.1 Å². The average molecular weight is 240 g/mol. The van der Waals surface area contributed by atoms with Crippen molar-refractivity contribution in [2.75, 3.05) is 12.8 Å². The van der Waals surface area contributed by atoms with Crippen molar-refractivity contribution in [2.24, 2.45) is 0 Å². The number of nitrogens with zero attached hydrogens (tertiary/aromatic N) is 3. The van der Waals surface area contributed by atoms with Gasteiger partial charge >= 0.3 is 0 Å². The van der Waals surface area contributed by atoms with Crippen molar-refractivity contribution in [1.29, 1.82) is 0 Å². The fourth-order valence-corrected chi connectivity index (χ4v) is 1.93. The zero-order valence-corrected chi connectivity index (χ0v) is 9.87. The number of benzene rings is 1. The van der Waals surface area contributed by atoms with E-state index in [1.807, 2.05) is 30.3 Å². The maximum Gasteiger partial charge on any atom is 0.157 e. The number of anilines is 1. The van der Waals surface area contributed by atoms with Gasteiger partial charge in [0.15, 0.2) is 5.65 Å². The van der Waals surface area contributed by atoms with Crippen molar-refractivity contribution in [2.45, 2.75) is 0 Å². The Balaban J connectivity index is 2.25. The van der Waals surface area contributed by atoms with Crippen LogP contribution in [0.25, 0.3) is 16.9 Å². The Hall–Kier alpha value is -2.56. The molecule has 5 heteroatoms. The quantitative estimate of drug-likeness (QED) is 0.744. The van der Waals surface area contributed by atoms with Crippen molar-refractivity contribution in [3.8, 4) is 17.0 Å². The highest BCUT2D eigenvalue weighted by atomic mass is 16.5. The lowest BCUT2D eigenvalue weighted by Crippen LogP contribution is -2.01. The fraction of sp³-hybridized carbons (Fsp3) is 0.0769. The Morgan fingerprint density at radius 3 is 2.89 bits per heavy atom. The van der Waals surface area contributed by atoms with Gasteiger partial charge < -0.3 is 10.5 Å². The summed E-state index contributed by atoms with van der Waals surface area (Å²) in [4.78, 5) is 4.52. The van der Waals surface area contributed by atoms with Gasteiger partial charge in [0.25, 0.3) is 0 Å². The van der Waals surface area contributed by atoms with Crippen LogP contribution in [0.4, 0.5) is 5.82 Å². The van der Waals surface area contributed by atoms with E-state index < -0.39 is 0 Å². The van der Waals surface area contributed by atoms with Crippen molar-refractivity contribution >= 4 is 11.5 Å². The van der Waals surface area contributed by atoms with Gasteiger partial charge in [0.05, 0.1) is 19.0 Å². The third kappa shape index (κ3) is 1.57. The van der Waals surface area contributed by atoms with Gasteiger partial charge in [-0.2, -0.15) is 9.61 Å². The summed E-state index contributed by atoms with van der Waals surface area (Å²) in [5, 5.41) is 4.09. The van der Waals surface area contributed by atoms with Crippen LogP contribution in [0.2, 0.25) is 0 Å². The lowest BCUT2D eigenvalue weighted by molar-refractivity contribution is 0.416. The minimum absolute atomic E-state index is 0.547. The van der Waals surface area contributed by atoms with E-state index >= 15 is 0 Å². The van der Waals surface area contributed by atoms with Crippen LogP contribution in [0.3, 0.4) is 0 Å². The van der Waals surface area contributed by atoms with Gasteiger partial charge in [0, 0.05) is 17.7 Å². The van der Waals surface area contributed by atoms with E-state index in [-0.39, 0.29) is 0 Å². The topological polar surface area (TPSA) is 65.4 Å². The van der Waals surface area contributed by atoms with Crippen LogP contribution in [-0.2, 0) is 0 Å². The third-order valence-electron chi connectivity index (χ3n) is 2.77. The number of aromatic nitrogens is 3. The fourth-order valence-electron chi connectivity index (χ4n) is 1.93. The van der Waals surface area contributed by atoms with Gasteiger partial charge in [-0.05, 0) is 12.1 Å². The Bertz CT molecular complexity index is 705. The van der Waals surface area contributed by atoms with Crippen LogP contribution in [0, 0.1) is 0 Å². The number of ether oxygens (including phenoxy) is 1. The molecule has 0 saturated heterocycles. The molecule has 2 heterocycles. The molecule has 2 N–H and O–H groups in total. The molecule has 0 unspecified atom stereocenters. The van der Waals surface area contributed by atoms with Crippen LogP contribution in [0.5, 0.6) is 5.75 Å². The highest BCUT2D eigenvalue weighted by molar-refractivity contribution is 5.71. The van der Waals surface area contributed by atoms with E-state index in [1.54, 1.807) is 23.9 Å². The molecule has 0 aliphatic rings. The first-order valence-corrected chi connectivity index (χ1v) is 5.53. The summed E-state index contributed by atoms with van der Waals surface area (Å²) in [6.07, 6.45) is 1.67. The molecule has 18 heavy (non-hydrogen) atoms. The number of hydrogen-bond donors (Lipinski definition) is 1. The molecule has 0 spiro atoms. The summed E-state index contributed by atoms with van der Waals surface area (Å²) in [7, 11) is 1.64. The Labute approximate surface area is 104 Å². The number of para-hydroxylation sites is 1. The second-order valence-corrected chi connectivity index (χ2v) is 3.87. The molecule has 0 amide bonds. The predicted octanol–water partition coefficient (Wildman–Crippen LogP) is 1.99. The Morgan fingerprint density at radius 2 is 2.06 bits per heavy atom. The molecule has 0 fully saturated rings. The molecule has 0 aliphatic carbocycles. The first-order valence-electron chi connectivity index (χ1n) is 5.53. The standard InChI is InChI=1S/C13H12N4O/c1-18-11-5-3-2-4-9(11)10-8-12(14)17-13(16-10)6-7-15-17/h2-8H,14H2,1H3. The largest absolute Gasteiger partial charge is 0.496 e. The number of hydrogen-bond acceptors (Lipinski definition) is 4. The summed E-state index contributed by atoms with van der Waals surface area (Å²) in [5.41, 5.74) is 8.36. The molecule has 0 aliphatic heterocycles. The Morgan fingerprint density at radius 1 is 1.22 bits per heavy atom. The lowest BCUT2D eigenvalue weighted by atomic mass is 10.1. The van der Waals surface area contributed by atoms with Gasteiger partial charge in [0.2, 0.25) is 0 Å². The molecule has 90 valence electrons. The summed E-state index contributed by atoms with van der Waals surface area (Å²) in [5.74, 6) is 1.32. The first kappa shape index (κ1) is 10.6. The molecular weight excluding hydrogens is 228 g/mol. The predicted molar refractivity (Wildman–Crippen MR) is 69.4 cm³/mol. The van der Waals surface area contributed by atoms with E-state index in [0.29, 0.717) is 5.82 Å². The number of nitrogens with two attached hydrogens (primary N) is 1. The summed E-state index contributed by atoms with van der Waals surface area (Å²) < 4.78 is 6.93. The number of rotatable bonds is 2.